The van der Waals surface area contributed by atoms with E-state index in [0.29, 0.717) is 0 Å². The molecular formula is C14H16N. The van der Waals surface area contributed by atoms with Gasteiger partial charge in [-0.2, -0.15) is 0 Å². The monoisotopic (exact) mass is 198 g/mol. The van der Waals surface area contributed by atoms with Gasteiger partial charge in [0, 0.05) is 11.8 Å². The molecule has 1 aliphatic rings. The predicted molar refractivity (Wildman–Crippen MR) is 64.4 cm³/mol. The molecule has 0 atom stereocenters. The summed E-state index contributed by atoms with van der Waals surface area (Å²) in [6.45, 7) is 4.41. The standard InChI is InChI=1S/C14H16N/c1-3-11-7-5-8-13(12(11)4-2)14-9-6-10-15-14/h5-10H,3-4H2,1-2H3. The van der Waals surface area contributed by atoms with Gasteiger partial charge in [0.05, 0.1) is 5.70 Å². The van der Waals surface area contributed by atoms with E-state index < -0.39 is 0 Å². The summed E-state index contributed by atoms with van der Waals surface area (Å²) in [4.78, 5) is 0. The summed E-state index contributed by atoms with van der Waals surface area (Å²) in [5.41, 5.74) is 5.28. The molecule has 0 saturated carbocycles. The molecule has 0 bridgehead atoms. The third-order valence-corrected chi connectivity index (χ3v) is 2.84. The summed E-state index contributed by atoms with van der Waals surface area (Å²) in [6.07, 6.45) is 8.10. The van der Waals surface area contributed by atoms with Crippen LogP contribution in [0.4, 0.5) is 0 Å². The van der Waals surface area contributed by atoms with Gasteiger partial charge in [-0.15, -0.1) is 0 Å². The molecule has 77 valence electrons. The van der Waals surface area contributed by atoms with Crippen LogP contribution in [0.3, 0.4) is 0 Å². The van der Waals surface area contributed by atoms with Crippen LogP contribution in [0.5, 0.6) is 0 Å². The highest BCUT2D eigenvalue weighted by Crippen LogP contribution is 2.24. The van der Waals surface area contributed by atoms with Crippen LogP contribution in [-0.4, -0.2) is 0 Å². The lowest BCUT2D eigenvalue weighted by Crippen LogP contribution is -2.00. The highest BCUT2D eigenvalue weighted by molar-refractivity contribution is 5.71. The quantitative estimate of drug-likeness (QED) is 0.707. The molecule has 0 spiro atoms. The SMILES string of the molecule is CCc1cccc(C2=CC=C[N]2)c1CC. The largest absolute Gasteiger partial charge is 0.256 e. The molecule has 0 N–H and O–H groups in total. The normalized spacial score (nSPS) is 13.9. The van der Waals surface area contributed by atoms with E-state index >= 15 is 0 Å². The summed E-state index contributed by atoms with van der Waals surface area (Å²) < 4.78 is 0. The van der Waals surface area contributed by atoms with Crippen LogP contribution in [0.1, 0.15) is 30.5 Å². The lowest BCUT2D eigenvalue weighted by molar-refractivity contribution is 1.02. The maximum Gasteiger partial charge on any atom is 0.0705 e. The molecule has 1 nitrogen and oxygen atoms in total. The zero-order chi connectivity index (χ0) is 10.7. The average Bonchev–Trinajstić information content (AvgIpc) is 2.81. The van der Waals surface area contributed by atoms with Gasteiger partial charge in [-0.05, 0) is 36.1 Å². The lowest BCUT2D eigenvalue weighted by atomic mass is 9.95. The Labute approximate surface area is 91.5 Å². The molecule has 1 radical (unpaired) electrons. The minimum Gasteiger partial charge on any atom is -0.256 e. The number of hydrogen-bond acceptors (Lipinski definition) is 0. The van der Waals surface area contributed by atoms with Crippen molar-refractivity contribution in [1.82, 2.24) is 5.32 Å². The van der Waals surface area contributed by atoms with Crippen molar-refractivity contribution in [3.05, 3.63) is 53.2 Å². The first-order chi connectivity index (χ1) is 7.36. The van der Waals surface area contributed by atoms with Gasteiger partial charge in [0.25, 0.3) is 0 Å². The molecule has 0 unspecified atom stereocenters. The molecule has 0 aromatic heterocycles. The smallest absolute Gasteiger partial charge is 0.0705 e. The number of rotatable bonds is 3. The van der Waals surface area contributed by atoms with E-state index in [2.05, 4.69) is 43.4 Å². The topological polar surface area (TPSA) is 14.1 Å². The first kappa shape index (κ1) is 10.0. The van der Waals surface area contributed by atoms with E-state index in [9.17, 15) is 0 Å². The summed E-state index contributed by atoms with van der Waals surface area (Å²) in [5, 5.41) is 4.37. The van der Waals surface area contributed by atoms with E-state index in [1.807, 2.05) is 12.3 Å². The molecule has 1 aromatic rings. The molecule has 2 rings (SSSR count). The summed E-state index contributed by atoms with van der Waals surface area (Å²) in [6, 6.07) is 6.51. The van der Waals surface area contributed by atoms with Gasteiger partial charge in [-0.25, -0.2) is 0 Å². The summed E-state index contributed by atoms with van der Waals surface area (Å²) in [7, 11) is 0. The van der Waals surface area contributed by atoms with Crippen molar-refractivity contribution in [2.75, 3.05) is 0 Å². The Hall–Kier alpha value is -1.50. The van der Waals surface area contributed by atoms with Crippen molar-refractivity contribution >= 4 is 5.70 Å². The number of allylic oxidation sites excluding steroid dienone is 2. The van der Waals surface area contributed by atoms with Crippen molar-refractivity contribution in [2.45, 2.75) is 26.7 Å². The zero-order valence-electron chi connectivity index (χ0n) is 9.33. The van der Waals surface area contributed by atoms with Crippen LogP contribution < -0.4 is 5.32 Å². The second-order valence-electron chi connectivity index (χ2n) is 3.67. The van der Waals surface area contributed by atoms with Crippen LogP contribution in [0.25, 0.3) is 5.70 Å². The Morgan fingerprint density at radius 1 is 1.13 bits per heavy atom. The molecule has 1 aliphatic heterocycles. The average molecular weight is 198 g/mol. The fourth-order valence-electron chi connectivity index (χ4n) is 2.08. The molecule has 1 heteroatoms. The predicted octanol–water partition coefficient (Wildman–Crippen LogP) is 3.28. The summed E-state index contributed by atoms with van der Waals surface area (Å²) >= 11 is 0. The van der Waals surface area contributed by atoms with Gasteiger partial charge in [0.2, 0.25) is 0 Å². The van der Waals surface area contributed by atoms with E-state index in [4.69, 9.17) is 0 Å². The molecule has 1 aromatic carbocycles. The molecule has 0 amide bonds. The van der Waals surface area contributed by atoms with E-state index in [1.54, 1.807) is 0 Å². The maximum absolute atomic E-state index is 4.37. The van der Waals surface area contributed by atoms with E-state index in [-0.39, 0.29) is 0 Å². The molecule has 0 aliphatic carbocycles. The number of benzene rings is 1. The minimum absolute atomic E-state index is 1.08. The van der Waals surface area contributed by atoms with Crippen molar-refractivity contribution in [2.24, 2.45) is 0 Å². The number of nitrogens with zero attached hydrogens (tertiary/aromatic N) is 1. The lowest BCUT2D eigenvalue weighted by Gasteiger charge is -2.12. The van der Waals surface area contributed by atoms with Crippen molar-refractivity contribution < 1.29 is 0 Å². The Balaban J connectivity index is 2.46. The summed E-state index contributed by atoms with van der Waals surface area (Å²) in [5.74, 6) is 0. The second kappa shape index (κ2) is 4.35. The van der Waals surface area contributed by atoms with Gasteiger partial charge in [0.1, 0.15) is 0 Å². The van der Waals surface area contributed by atoms with E-state index in [0.717, 1.165) is 18.5 Å². The van der Waals surface area contributed by atoms with Gasteiger partial charge >= 0.3 is 0 Å². The van der Waals surface area contributed by atoms with Gasteiger partial charge in [-0.1, -0.05) is 32.0 Å². The molecular weight excluding hydrogens is 182 g/mol. The van der Waals surface area contributed by atoms with Crippen LogP contribution in [0.15, 0.2) is 36.6 Å². The first-order valence-corrected chi connectivity index (χ1v) is 5.55. The fourth-order valence-corrected chi connectivity index (χ4v) is 2.08. The van der Waals surface area contributed by atoms with Gasteiger partial charge in [-0.3, -0.25) is 5.32 Å². The second-order valence-corrected chi connectivity index (χ2v) is 3.67. The maximum atomic E-state index is 4.37. The van der Waals surface area contributed by atoms with Gasteiger partial charge < -0.3 is 0 Å². The van der Waals surface area contributed by atoms with Crippen molar-refractivity contribution in [1.29, 1.82) is 0 Å². The molecule has 1 heterocycles. The Morgan fingerprint density at radius 2 is 2.00 bits per heavy atom. The van der Waals surface area contributed by atoms with Crippen molar-refractivity contribution in [3.63, 3.8) is 0 Å². The van der Waals surface area contributed by atoms with Crippen LogP contribution in [-0.2, 0) is 12.8 Å². The third-order valence-electron chi connectivity index (χ3n) is 2.84. The highest BCUT2D eigenvalue weighted by atomic mass is 14.9. The third kappa shape index (κ3) is 1.82. The van der Waals surface area contributed by atoms with Gasteiger partial charge in [0.15, 0.2) is 0 Å². The van der Waals surface area contributed by atoms with Crippen LogP contribution in [0.2, 0.25) is 0 Å². The highest BCUT2D eigenvalue weighted by Gasteiger charge is 2.10. The first-order valence-electron chi connectivity index (χ1n) is 5.55. The molecule has 0 saturated heterocycles. The minimum atomic E-state index is 1.08. The Morgan fingerprint density at radius 3 is 2.60 bits per heavy atom. The Kier molecular flexibility index (Phi) is 2.91. The van der Waals surface area contributed by atoms with Crippen LogP contribution >= 0.6 is 0 Å². The molecule has 15 heavy (non-hydrogen) atoms. The van der Waals surface area contributed by atoms with Crippen molar-refractivity contribution in [3.8, 4) is 0 Å². The fraction of sp³-hybridized carbons (Fsp3) is 0.286. The number of aryl methyl sites for hydroxylation is 1. The van der Waals surface area contributed by atoms with E-state index in [1.165, 1.54) is 16.7 Å². The zero-order valence-corrected chi connectivity index (χ0v) is 9.33. The Bertz CT molecular complexity index is 413. The molecule has 0 fully saturated rings. The number of hydrogen-bond donors (Lipinski definition) is 0. The van der Waals surface area contributed by atoms with Crippen LogP contribution in [0, 0.1) is 0 Å².